The molecule has 0 radical (unpaired) electrons. The van der Waals surface area contributed by atoms with E-state index in [1.807, 2.05) is 6.92 Å². The Labute approximate surface area is 164 Å². The van der Waals surface area contributed by atoms with Crippen LogP contribution in [0.4, 0.5) is 5.69 Å². The second kappa shape index (κ2) is 8.93. The van der Waals surface area contributed by atoms with Gasteiger partial charge in [0.15, 0.2) is 11.5 Å². The number of carbonyl (C=O) groups excluding carboxylic acids is 2. The molecular weight excluding hydrogens is 360 g/mol. The monoisotopic (exact) mass is 386 g/mol. The van der Waals surface area contributed by atoms with E-state index < -0.39 is 5.54 Å². The molecule has 1 heterocycles. The number of likely N-dealkylation sites (N-methyl/N-ethyl adjacent to an activating group) is 1. The van der Waals surface area contributed by atoms with E-state index in [9.17, 15) is 14.9 Å². The van der Waals surface area contributed by atoms with Gasteiger partial charge in [-0.1, -0.05) is 6.92 Å². The highest BCUT2D eigenvalue weighted by Crippen LogP contribution is 2.32. The fourth-order valence-electron chi connectivity index (χ4n) is 3.56. The average Bonchev–Trinajstić information content (AvgIpc) is 3.16. The Morgan fingerprint density at radius 2 is 1.82 bits per heavy atom. The number of amides is 2. The third kappa shape index (κ3) is 4.93. The number of benzene rings is 1. The third-order valence-corrected chi connectivity index (χ3v) is 5.06. The van der Waals surface area contributed by atoms with Crippen LogP contribution in [-0.2, 0) is 9.59 Å². The van der Waals surface area contributed by atoms with Crippen LogP contribution in [0.25, 0.3) is 0 Å². The van der Waals surface area contributed by atoms with Gasteiger partial charge in [-0.15, -0.1) is 0 Å². The fourth-order valence-corrected chi connectivity index (χ4v) is 3.56. The van der Waals surface area contributed by atoms with Crippen LogP contribution < -0.4 is 20.1 Å². The topological polar surface area (TPSA) is 104 Å². The number of carbonyl (C=O) groups is 2. The second-order valence-corrected chi connectivity index (χ2v) is 7.16. The van der Waals surface area contributed by atoms with E-state index in [-0.39, 0.29) is 24.9 Å². The van der Waals surface area contributed by atoms with Crippen LogP contribution in [0.2, 0.25) is 0 Å². The van der Waals surface area contributed by atoms with Crippen molar-refractivity contribution in [2.45, 2.75) is 38.1 Å². The van der Waals surface area contributed by atoms with Gasteiger partial charge in [0.05, 0.1) is 19.2 Å². The molecule has 8 nitrogen and oxygen atoms in total. The van der Waals surface area contributed by atoms with Gasteiger partial charge in [0.1, 0.15) is 18.8 Å². The maximum Gasteiger partial charge on any atom is 0.238 e. The lowest BCUT2D eigenvalue weighted by atomic mass is 10.00. The largest absolute Gasteiger partial charge is 0.486 e. The van der Waals surface area contributed by atoms with Crippen LogP contribution in [0.1, 0.15) is 32.6 Å². The number of nitriles is 1. The van der Waals surface area contributed by atoms with E-state index in [1.165, 1.54) is 0 Å². The summed E-state index contributed by atoms with van der Waals surface area (Å²) < 4.78 is 11.0. The minimum Gasteiger partial charge on any atom is -0.486 e. The second-order valence-electron chi connectivity index (χ2n) is 7.16. The lowest BCUT2D eigenvalue weighted by molar-refractivity contribution is -0.124. The lowest BCUT2D eigenvalue weighted by Gasteiger charge is -2.25. The summed E-state index contributed by atoms with van der Waals surface area (Å²) >= 11 is 0. The van der Waals surface area contributed by atoms with Gasteiger partial charge in [0, 0.05) is 11.8 Å². The van der Waals surface area contributed by atoms with Crippen LogP contribution in [-0.4, -0.2) is 55.1 Å². The number of hydrogen-bond donors (Lipinski definition) is 2. The quantitative estimate of drug-likeness (QED) is 0.739. The minimum atomic E-state index is -0.746. The molecule has 0 spiro atoms. The highest BCUT2D eigenvalue weighted by Gasteiger charge is 2.35. The number of rotatable bonds is 7. The van der Waals surface area contributed by atoms with Gasteiger partial charge in [0.2, 0.25) is 11.8 Å². The molecule has 2 amide bonds. The van der Waals surface area contributed by atoms with Crippen molar-refractivity contribution in [3.8, 4) is 17.6 Å². The van der Waals surface area contributed by atoms with Crippen molar-refractivity contribution in [3.63, 3.8) is 0 Å². The number of hydrogen-bond acceptors (Lipinski definition) is 6. The summed E-state index contributed by atoms with van der Waals surface area (Å²) in [4.78, 5) is 26.5. The third-order valence-electron chi connectivity index (χ3n) is 5.06. The van der Waals surface area contributed by atoms with Gasteiger partial charge in [0.25, 0.3) is 0 Å². The summed E-state index contributed by atoms with van der Waals surface area (Å²) in [7, 11) is 0. The Kier molecular flexibility index (Phi) is 6.37. The molecule has 150 valence electrons. The van der Waals surface area contributed by atoms with Gasteiger partial charge in [-0.2, -0.15) is 5.26 Å². The van der Waals surface area contributed by atoms with Gasteiger partial charge in [-0.3, -0.25) is 14.5 Å². The average molecular weight is 386 g/mol. The first-order valence-corrected chi connectivity index (χ1v) is 9.68. The molecule has 0 bridgehead atoms. The zero-order valence-electron chi connectivity index (χ0n) is 16.1. The van der Waals surface area contributed by atoms with Crippen LogP contribution >= 0.6 is 0 Å². The number of nitrogens with one attached hydrogen (secondary N) is 2. The number of nitrogens with zero attached hydrogens (tertiary/aromatic N) is 2. The first kappa shape index (κ1) is 20.0. The van der Waals surface area contributed by atoms with Gasteiger partial charge in [-0.25, -0.2) is 0 Å². The van der Waals surface area contributed by atoms with Gasteiger partial charge >= 0.3 is 0 Å². The van der Waals surface area contributed by atoms with Crippen molar-refractivity contribution in [1.82, 2.24) is 10.2 Å². The summed E-state index contributed by atoms with van der Waals surface area (Å²) in [6.07, 6.45) is 3.27. The molecule has 2 aliphatic rings. The number of ether oxygens (including phenoxy) is 2. The summed E-state index contributed by atoms with van der Waals surface area (Å²) in [5.74, 6) is 0.822. The Morgan fingerprint density at radius 1 is 1.14 bits per heavy atom. The SMILES string of the molecule is CCN(CC(=O)Nc1ccc2c(c1)OCCO2)CC(=O)NC1(C#N)CCCC1. The first-order valence-electron chi connectivity index (χ1n) is 9.68. The van der Waals surface area contributed by atoms with E-state index in [1.54, 1.807) is 23.1 Å². The molecule has 1 aromatic carbocycles. The summed E-state index contributed by atoms with van der Waals surface area (Å²) in [6.45, 7) is 3.58. The minimum absolute atomic E-state index is 0.0779. The van der Waals surface area contributed by atoms with E-state index in [2.05, 4.69) is 16.7 Å². The Balaban J connectivity index is 1.52. The molecule has 1 saturated carbocycles. The molecule has 1 aliphatic carbocycles. The number of fused-ring (bicyclic) bond motifs is 1. The predicted octanol–water partition coefficient (Wildman–Crippen LogP) is 1.67. The molecule has 0 atom stereocenters. The maximum atomic E-state index is 12.4. The van der Waals surface area contributed by atoms with Crippen molar-refractivity contribution in [2.75, 3.05) is 38.2 Å². The normalized spacial score (nSPS) is 17.0. The molecule has 2 N–H and O–H groups in total. The van der Waals surface area contributed by atoms with E-state index in [4.69, 9.17) is 9.47 Å². The fraction of sp³-hybridized carbons (Fsp3) is 0.550. The molecular formula is C20H26N4O4. The summed E-state index contributed by atoms with van der Waals surface area (Å²) in [6, 6.07) is 7.49. The van der Waals surface area contributed by atoms with E-state index in [0.29, 0.717) is 49.8 Å². The summed E-state index contributed by atoms with van der Waals surface area (Å²) in [5.41, 5.74) is -0.131. The Morgan fingerprint density at radius 3 is 2.50 bits per heavy atom. The Bertz CT molecular complexity index is 768. The molecule has 8 heteroatoms. The Hall–Kier alpha value is -2.79. The molecule has 1 aromatic rings. The van der Waals surface area contributed by atoms with Crippen molar-refractivity contribution >= 4 is 17.5 Å². The highest BCUT2D eigenvalue weighted by atomic mass is 16.6. The van der Waals surface area contributed by atoms with Gasteiger partial charge in [-0.05, 0) is 44.4 Å². The van der Waals surface area contributed by atoms with Crippen molar-refractivity contribution < 1.29 is 19.1 Å². The molecule has 28 heavy (non-hydrogen) atoms. The van der Waals surface area contributed by atoms with Gasteiger partial charge < -0.3 is 20.1 Å². The van der Waals surface area contributed by atoms with Crippen LogP contribution in [0.3, 0.4) is 0 Å². The molecule has 0 saturated heterocycles. The van der Waals surface area contributed by atoms with Crippen LogP contribution in [0.5, 0.6) is 11.5 Å². The highest BCUT2D eigenvalue weighted by molar-refractivity contribution is 5.93. The maximum absolute atomic E-state index is 12.4. The standard InChI is InChI=1S/C20H26N4O4/c1-2-24(13-19(26)23-20(14-21)7-3-4-8-20)12-18(25)22-15-5-6-16-17(11-15)28-10-9-27-16/h5-6,11H,2-4,7-10,12-13H2,1H3,(H,22,25)(H,23,26). The zero-order valence-corrected chi connectivity index (χ0v) is 16.1. The van der Waals surface area contributed by atoms with Crippen molar-refractivity contribution in [2.24, 2.45) is 0 Å². The molecule has 1 aliphatic heterocycles. The van der Waals surface area contributed by atoms with E-state index in [0.717, 1.165) is 12.8 Å². The molecule has 3 rings (SSSR count). The molecule has 1 fully saturated rings. The van der Waals surface area contributed by atoms with Crippen LogP contribution in [0, 0.1) is 11.3 Å². The lowest BCUT2D eigenvalue weighted by Crippen LogP contribution is -2.49. The smallest absolute Gasteiger partial charge is 0.238 e. The van der Waals surface area contributed by atoms with Crippen molar-refractivity contribution in [3.05, 3.63) is 18.2 Å². The predicted molar refractivity (Wildman–Crippen MR) is 103 cm³/mol. The summed E-state index contributed by atoms with van der Waals surface area (Å²) in [5, 5.41) is 15.1. The zero-order chi connectivity index (χ0) is 20.0. The first-order chi connectivity index (χ1) is 13.5. The number of anilines is 1. The molecule has 0 unspecified atom stereocenters. The molecule has 0 aromatic heterocycles. The van der Waals surface area contributed by atoms with Crippen LogP contribution in [0.15, 0.2) is 18.2 Å². The van der Waals surface area contributed by atoms with Crippen molar-refractivity contribution in [1.29, 1.82) is 5.26 Å². The van der Waals surface area contributed by atoms with E-state index >= 15 is 0 Å².